The molecule has 93 valence electrons. The molecule has 0 unspecified atom stereocenters. The first-order valence-corrected chi connectivity index (χ1v) is 6.66. The summed E-state index contributed by atoms with van der Waals surface area (Å²) in [4.78, 5) is 1.35. The molecule has 1 aromatic rings. The van der Waals surface area contributed by atoms with Gasteiger partial charge in [0.1, 0.15) is 0 Å². The molecule has 1 aromatic heterocycles. The first-order chi connectivity index (χ1) is 7.41. The predicted molar refractivity (Wildman–Crippen MR) is 64.8 cm³/mol. The Labute approximate surface area is 97.1 Å². The third kappa shape index (κ3) is 2.32. The molecule has 7 nitrogen and oxygen atoms in total. The minimum atomic E-state index is -2.39. The Bertz CT molecular complexity index is 291. The Hall–Kier alpha value is -0.750. The van der Waals surface area contributed by atoms with Crippen LogP contribution in [0.25, 0.3) is 0 Å². The van der Waals surface area contributed by atoms with Gasteiger partial charge in [0.2, 0.25) is 0 Å². The first-order valence-electron chi connectivity index (χ1n) is 4.91. The van der Waals surface area contributed by atoms with Crippen molar-refractivity contribution in [3.05, 3.63) is 12.4 Å². The van der Waals surface area contributed by atoms with E-state index in [0.29, 0.717) is 0 Å². The van der Waals surface area contributed by atoms with Crippen molar-refractivity contribution in [2.75, 3.05) is 42.3 Å². The summed E-state index contributed by atoms with van der Waals surface area (Å²) >= 11 is 0. The van der Waals surface area contributed by atoms with Gasteiger partial charge in [0, 0.05) is 0 Å². The fourth-order valence-corrected chi connectivity index (χ4v) is 5.02. The molecule has 0 spiro atoms. The van der Waals surface area contributed by atoms with Crippen LogP contribution in [0.5, 0.6) is 0 Å². The van der Waals surface area contributed by atoms with Crippen molar-refractivity contribution in [1.82, 2.24) is 29.2 Å². The molecule has 0 saturated carbocycles. The van der Waals surface area contributed by atoms with Crippen LogP contribution in [0.2, 0.25) is 0 Å². The van der Waals surface area contributed by atoms with Crippen LogP contribution >= 0.6 is 7.94 Å². The van der Waals surface area contributed by atoms with Crippen LogP contribution in [0.15, 0.2) is 6.20 Å². The predicted octanol–water partition coefficient (Wildman–Crippen LogP) is -0.398. The number of hydrogen-bond acceptors (Lipinski definition) is 6. The van der Waals surface area contributed by atoms with Crippen molar-refractivity contribution < 1.29 is 4.62 Å². The molecule has 0 atom stereocenters. The summed E-state index contributed by atoms with van der Waals surface area (Å²) in [6.45, 7) is 0. The molecule has 0 aliphatic carbocycles. The Morgan fingerprint density at radius 3 is 1.88 bits per heavy atom. The number of hydrogen-bond donors (Lipinski definition) is 0. The third-order valence-corrected chi connectivity index (χ3v) is 6.25. The summed E-state index contributed by atoms with van der Waals surface area (Å²) < 4.78 is 12.2. The van der Waals surface area contributed by atoms with Crippen LogP contribution in [0.1, 0.15) is 0 Å². The third-order valence-electron chi connectivity index (χ3n) is 2.32. The van der Waals surface area contributed by atoms with Gasteiger partial charge in [-0.05, 0) is 0 Å². The zero-order valence-corrected chi connectivity index (χ0v) is 11.7. The van der Waals surface area contributed by atoms with Gasteiger partial charge in [0.25, 0.3) is 0 Å². The second kappa shape index (κ2) is 5.05. The topological polar surface area (TPSA) is 49.7 Å². The molecular formula is C8H20N6OP. The summed E-state index contributed by atoms with van der Waals surface area (Å²) in [6.07, 6.45) is 4.18. The second-order valence-corrected chi connectivity index (χ2v) is 8.11. The average Bonchev–Trinajstić information content (AvgIpc) is 2.64. The van der Waals surface area contributed by atoms with E-state index < -0.39 is 7.94 Å². The van der Waals surface area contributed by atoms with E-state index in [1.165, 1.54) is 4.85 Å². The number of aromatic nitrogens is 3. The van der Waals surface area contributed by atoms with Gasteiger partial charge >= 0.3 is 96.4 Å². The van der Waals surface area contributed by atoms with Crippen LogP contribution < -0.4 is 4.62 Å². The zero-order valence-electron chi connectivity index (χ0n) is 10.7. The fraction of sp³-hybridized carbons (Fsp3) is 0.750. The van der Waals surface area contributed by atoms with Crippen LogP contribution in [0, 0.1) is 6.20 Å². The van der Waals surface area contributed by atoms with Gasteiger partial charge in [-0.15, -0.1) is 0 Å². The molecule has 0 fully saturated rings. The van der Waals surface area contributed by atoms with Crippen molar-refractivity contribution in [2.45, 2.75) is 0 Å². The second-order valence-electron chi connectivity index (χ2n) is 4.10. The van der Waals surface area contributed by atoms with Gasteiger partial charge in [0.15, 0.2) is 0 Å². The van der Waals surface area contributed by atoms with Crippen molar-refractivity contribution in [1.29, 1.82) is 0 Å². The zero-order chi connectivity index (χ0) is 12.3. The maximum absolute atomic E-state index is 5.95. The van der Waals surface area contributed by atoms with Gasteiger partial charge < -0.3 is 0 Å². The van der Waals surface area contributed by atoms with E-state index in [1.807, 2.05) is 42.3 Å². The van der Waals surface area contributed by atoms with Crippen molar-refractivity contribution in [3.8, 4) is 0 Å². The summed E-state index contributed by atoms with van der Waals surface area (Å²) in [6, 6.07) is 0. The van der Waals surface area contributed by atoms with Gasteiger partial charge in [-0.2, -0.15) is 0 Å². The van der Waals surface area contributed by atoms with Crippen molar-refractivity contribution >= 4 is 7.94 Å². The van der Waals surface area contributed by atoms with E-state index in [9.17, 15) is 0 Å². The summed E-state index contributed by atoms with van der Waals surface area (Å²) in [7, 11) is 9.57. The van der Waals surface area contributed by atoms with Gasteiger partial charge in [-0.25, -0.2) is 0 Å². The molecule has 0 aliphatic heterocycles. The molecule has 0 amide bonds. The van der Waals surface area contributed by atoms with Gasteiger partial charge in [-0.1, -0.05) is 0 Å². The molecular weight excluding hydrogens is 227 g/mol. The van der Waals surface area contributed by atoms with Crippen molar-refractivity contribution in [2.24, 2.45) is 0 Å². The standard InChI is InChI=1S/C8H20N6OP/c1-11(2)16(12(3)4,13(5)6)15-14-8-7-9-10-14/h8,16H,1-6H3. The van der Waals surface area contributed by atoms with E-state index in [4.69, 9.17) is 4.62 Å². The molecule has 0 saturated heterocycles. The molecule has 0 bridgehead atoms. The monoisotopic (exact) mass is 247 g/mol. The van der Waals surface area contributed by atoms with Crippen LogP contribution in [0.4, 0.5) is 0 Å². The quantitative estimate of drug-likeness (QED) is 0.660. The first kappa shape index (κ1) is 13.3. The molecule has 0 N–H and O–H groups in total. The Morgan fingerprint density at radius 2 is 1.56 bits per heavy atom. The van der Waals surface area contributed by atoms with Gasteiger partial charge in [0.05, 0.1) is 0 Å². The number of nitrogens with zero attached hydrogens (tertiary/aromatic N) is 6. The van der Waals surface area contributed by atoms with E-state index in [-0.39, 0.29) is 0 Å². The fourth-order valence-electron chi connectivity index (χ4n) is 1.79. The van der Waals surface area contributed by atoms with E-state index in [2.05, 4.69) is 30.5 Å². The van der Waals surface area contributed by atoms with Gasteiger partial charge in [-0.3, -0.25) is 0 Å². The van der Waals surface area contributed by atoms with Crippen LogP contribution in [-0.4, -0.2) is 71.5 Å². The Kier molecular flexibility index (Phi) is 4.21. The molecule has 16 heavy (non-hydrogen) atoms. The van der Waals surface area contributed by atoms with Crippen LogP contribution in [0.3, 0.4) is 0 Å². The number of rotatable bonds is 5. The summed E-state index contributed by atoms with van der Waals surface area (Å²) in [5.74, 6) is 0. The minimum absolute atomic E-state index is 1.35. The SMILES string of the molecule is CN(C)[PH](On1c[c]nn1)(N(C)C)N(C)C. The normalized spacial score (nSPS) is 13.8. The van der Waals surface area contributed by atoms with Crippen molar-refractivity contribution in [3.63, 3.8) is 0 Å². The summed E-state index contributed by atoms with van der Waals surface area (Å²) in [5.41, 5.74) is 0. The van der Waals surface area contributed by atoms with E-state index in [1.54, 1.807) is 6.20 Å². The molecule has 8 heteroatoms. The molecule has 0 aromatic carbocycles. The average molecular weight is 247 g/mol. The molecule has 1 heterocycles. The Morgan fingerprint density at radius 1 is 1.06 bits per heavy atom. The molecule has 1 rings (SSSR count). The Balaban J connectivity index is 3.02. The van der Waals surface area contributed by atoms with E-state index in [0.717, 1.165) is 0 Å². The van der Waals surface area contributed by atoms with E-state index >= 15 is 0 Å². The molecule has 1 radical (unpaired) electrons. The summed E-state index contributed by atoms with van der Waals surface area (Å²) in [5, 5.41) is 7.41. The van der Waals surface area contributed by atoms with Crippen LogP contribution in [-0.2, 0) is 0 Å². The molecule has 0 aliphatic rings. The maximum atomic E-state index is 5.95.